The maximum absolute atomic E-state index is 11.8. The Hall–Kier alpha value is -2.50. The van der Waals surface area contributed by atoms with Crippen molar-refractivity contribution in [2.45, 2.75) is 33.2 Å². The molecule has 1 aromatic carbocycles. The number of amides is 2. The first kappa shape index (κ1) is 19.5. The highest BCUT2D eigenvalue weighted by Crippen LogP contribution is 2.28. The highest BCUT2D eigenvalue weighted by atomic mass is 16.5. The molecule has 1 rings (SSSR count). The van der Waals surface area contributed by atoms with Gasteiger partial charge in [-0.1, -0.05) is 18.2 Å². The van der Waals surface area contributed by atoms with E-state index in [0.29, 0.717) is 11.5 Å². The summed E-state index contributed by atoms with van der Waals surface area (Å²) < 4.78 is 10.7. The van der Waals surface area contributed by atoms with Crippen LogP contribution in [0.4, 0.5) is 0 Å². The van der Waals surface area contributed by atoms with E-state index in [4.69, 9.17) is 9.47 Å². The van der Waals surface area contributed by atoms with Gasteiger partial charge in [-0.25, -0.2) is 0 Å². The minimum absolute atomic E-state index is 0.0865. The third-order valence-electron chi connectivity index (χ3n) is 2.87. The van der Waals surface area contributed by atoms with Gasteiger partial charge in [0.2, 0.25) is 5.91 Å². The van der Waals surface area contributed by atoms with E-state index in [2.05, 4.69) is 10.6 Å². The zero-order valence-electron chi connectivity index (χ0n) is 14.9. The zero-order valence-corrected chi connectivity index (χ0v) is 14.9. The molecule has 0 spiro atoms. The van der Waals surface area contributed by atoms with Gasteiger partial charge >= 0.3 is 0 Å². The van der Waals surface area contributed by atoms with Crippen LogP contribution in [-0.4, -0.2) is 37.6 Å². The molecule has 6 heteroatoms. The Labute approximate surface area is 143 Å². The van der Waals surface area contributed by atoms with Crippen molar-refractivity contribution in [2.75, 3.05) is 20.3 Å². The molecule has 0 atom stereocenters. The molecule has 0 fully saturated rings. The zero-order chi connectivity index (χ0) is 18.2. The Morgan fingerprint density at radius 1 is 1.17 bits per heavy atom. The molecular weight excluding hydrogens is 308 g/mol. The van der Waals surface area contributed by atoms with Crippen molar-refractivity contribution in [3.05, 3.63) is 29.8 Å². The number of methoxy groups -OCH3 is 1. The first-order valence-electron chi connectivity index (χ1n) is 7.76. The molecule has 0 aromatic heterocycles. The van der Waals surface area contributed by atoms with E-state index in [-0.39, 0.29) is 30.5 Å². The summed E-state index contributed by atoms with van der Waals surface area (Å²) in [7, 11) is 1.54. The van der Waals surface area contributed by atoms with Crippen molar-refractivity contribution in [3.63, 3.8) is 0 Å². The predicted molar refractivity (Wildman–Crippen MR) is 94.1 cm³/mol. The maximum atomic E-state index is 11.8. The third-order valence-corrected chi connectivity index (χ3v) is 2.87. The highest BCUT2D eigenvalue weighted by molar-refractivity contribution is 5.85. The second-order valence-electron chi connectivity index (χ2n) is 6.27. The fourth-order valence-corrected chi connectivity index (χ4v) is 1.94. The number of benzene rings is 1. The number of ether oxygens (including phenoxy) is 2. The smallest absolute Gasteiger partial charge is 0.258 e. The van der Waals surface area contributed by atoms with Crippen LogP contribution in [0, 0.1) is 0 Å². The number of allylic oxidation sites excluding steroid dienone is 1. The van der Waals surface area contributed by atoms with Crippen molar-refractivity contribution < 1.29 is 19.1 Å². The third kappa shape index (κ3) is 7.17. The van der Waals surface area contributed by atoms with Gasteiger partial charge in [0, 0.05) is 5.54 Å². The summed E-state index contributed by atoms with van der Waals surface area (Å²) in [6.07, 6.45) is 3.86. The van der Waals surface area contributed by atoms with Gasteiger partial charge in [-0.3, -0.25) is 9.59 Å². The van der Waals surface area contributed by atoms with Crippen molar-refractivity contribution in [1.29, 1.82) is 0 Å². The molecule has 6 nitrogen and oxygen atoms in total. The van der Waals surface area contributed by atoms with Crippen LogP contribution in [0.25, 0.3) is 6.08 Å². The van der Waals surface area contributed by atoms with E-state index in [1.165, 1.54) is 0 Å². The summed E-state index contributed by atoms with van der Waals surface area (Å²) >= 11 is 0. The number of nitrogens with one attached hydrogen (secondary N) is 2. The Morgan fingerprint density at radius 2 is 1.88 bits per heavy atom. The van der Waals surface area contributed by atoms with Crippen LogP contribution >= 0.6 is 0 Å². The van der Waals surface area contributed by atoms with E-state index in [0.717, 1.165) is 5.56 Å². The van der Waals surface area contributed by atoms with Crippen LogP contribution in [0.5, 0.6) is 11.5 Å². The fourth-order valence-electron chi connectivity index (χ4n) is 1.94. The van der Waals surface area contributed by atoms with E-state index < -0.39 is 0 Å². The molecule has 24 heavy (non-hydrogen) atoms. The van der Waals surface area contributed by atoms with Gasteiger partial charge in [-0.2, -0.15) is 0 Å². The molecule has 0 saturated heterocycles. The number of rotatable bonds is 7. The average Bonchev–Trinajstić information content (AvgIpc) is 2.50. The van der Waals surface area contributed by atoms with Crippen LogP contribution in [-0.2, 0) is 9.59 Å². The summed E-state index contributed by atoms with van der Waals surface area (Å²) in [5.41, 5.74) is 0.644. The molecule has 2 N–H and O–H groups in total. The molecule has 0 bridgehead atoms. The molecule has 2 amide bonds. The van der Waals surface area contributed by atoms with Gasteiger partial charge in [0.1, 0.15) is 0 Å². The second kappa shape index (κ2) is 8.96. The van der Waals surface area contributed by atoms with Gasteiger partial charge < -0.3 is 20.1 Å². The molecule has 0 saturated carbocycles. The van der Waals surface area contributed by atoms with Gasteiger partial charge in [-0.15, -0.1) is 0 Å². The van der Waals surface area contributed by atoms with Crippen molar-refractivity contribution in [3.8, 4) is 11.5 Å². The lowest BCUT2D eigenvalue weighted by Gasteiger charge is -2.20. The summed E-state index contributed by atoms with van der Waals surface area (Å²) in [5.74, 6) is 0.395. The van der Waals surface area contributed by atoms with Crippen LogP contribution in [0.3, 0.4) is 0 Å². The predicted octanol–water partition coefficient (Wildman–Crippen LogP) is 2.14. The minimum Gasteiger partial charge on any atom is -0.493 e. The minimum atomic E-state index is -0.376. The maximum Gasteiger partial charge on any atom is 0.258 e. The Morgan fingerprint density at radius 3 is 2.46 bits per heavy atom. The molecule has 0 aliphatic rings. The van der Waals surface area contributed by atoms with E-state index in [9.17, 15) is 9.59 Å². The van der Waals surface area contributed by atoms with Crippen LogP contribution in [0.1, 0.15) is 33.3 Å². The first-order valence-corrected chi connectivity index (χ1v) is 7.76. The summed E-state index contributed by atoms with van der Waals surface area (Å²) in [6, 6.07) is 5.43. The summed E-state index contributed by atoms with van der Waals surface area (Å²) in [5, 5.41) is 5.28. The van der Waals surface area contributed by atoms with Gasteiger partial charge in [0.05, 0.1) is 13.7 Å². The number of hydrogen-bond donors (Lipinski definition) is 2. The van der Waals surface area contributed by atoms with E-state index >= 15 is 0 Å². The molecular formula is C18H26N2O4. The molecule has 1 aromatic rings. The highest BCUT2D eigenvalue weighted by Gasteiger charge is 2.14. The van der Waals surface area contributed by atoms with Gasteiger partial charge in [0.25, 0.3) is 5.91 Å². The van der Waals surface area contributed by atoms with Gasteiger partial charge in [0.15, 0.2) is 18.1 Å². The quantitative estimate of drug-likeness (QED) is 0.801. The molecule has 0 aliphatic heterocycles. The average molecular weight is 334 g/mol. The van der Waals surface area contributed by atoms with Crippen LogP contribution in [0.2, 0.25) is 0 Å². The molecule has 0 unspecified atom stereocenters. The normalized spacial score (nSPS) is 11.2. The molecule has 0 heterocycles. The summed E-state index contributed by atoms with van der Waals surface area (Å²) in [4.78, 5) is 23.4. The van der Waals surface area contributed by atoms with Crippen molar-refractivity contribution in [2.24, 2.45) is 0 Å². The molecule has 132 valence electrons. The lowest BCUT2D eigenvalue weighted by atomic mass is 10.1. The number of hydrogen-bond acceptors (Lipinski definition) is 4. The fraction of sp³-hybridized carbons (Fsp3) is 0.444. The topological polar surface area (TPSA) is 76.7 Å². The SMILES string of the molecule is C/C=C/c1ccc(OCC(=O)NCC(=O)NC(C)(C)C)c(OC)c1. The lowest BCUT2D eigenvalue weighted by Crippen LogP contribution is -2.46. The lowest BCUT2D eigenvalue weighted by molar-refractivity contribution is -0.127. The molecule has 0 aliphatic carbocycles. The number of carbonyl (C=O) groups excluding carboxylic acids is 2. The standard InChI is InChI=1S/C18H26N2O4/c1-6-7-13-8-9-14(15(10-13)23-5)24-12-17(22)19-11-16(21)20-18(2,3)4/h6-10H,11-12H2,1-5H3,(H,19,22)(H,20,21)/b7-6+. The van der Waals surface area contributed by atoms with Crippen molar-refractivity contribution >= 4 is 17.9 Å². The largest absolute Gasteiger partial charge is 0.493 e. The van der Waals surface area contributed by atoms with E-state index in [1.54, 1.807) is 13.2 Å². The second-order valence-corrected chi connectivity index (χ2v) is 6.27. The van der Waals surface area contributed by atoms with Crippen LogP contribution in [0.15, 0.2) is 24.3 Å². The van der Waals surface area contributed by atoms with Crippen LogP contribution < -0.4 is 20.1 Å². The molecule has 0 radical (unpaired) electrons. The first-order chi connectivity index (χ1) is 11.2. The Balaban J connectivity index is 2.51. The van der Waals surface area contributed by atoms with E-state index in [1.807, 2.05) is 52.0 Å². The van der Waals surface area contributed by atoms with Crippen molar-refractivity contribution in [1.82, 2.24) is 10.6 Å². The van der Waals surface area contributed by atoms with Gasteiger partial charge in [-0.05, 0) is 45.4 Å². The Kier molecular flexibility index (Phi) is 7.30. The summed E-state index contributed by atoms with van der Waals surface area (Å²) in [6.45, 7) is 7.27. The Bertz CT molecular complexity index is 604. The number of carbonyl (C=O) groups is 2. The monoisotopic (exact) mass is 334 g/mol.